The van der Waals surface area contributed by atoms with E-state index in [4.69, 9.17) is 9.47 Å². The van der Waals surface area contributed by atoms with Gasteiger partial charge in [-0.3, -0.25) is 0 Å². The normalized spacial score (nSPS) is 18.6. The van der Waals surface area contributed by atoms with Gasteiger partial charge in [0.05, 0.1) is 17.3 Å². The van der Waals surface area contributed by atoms with Crippen molar-refractivity contribution in [2.24, 2.45) is 5.92 Å². The van der Waals surface area contributed by atoms with Crippen LogP contribution in [-0.2, 0) is 14.6 Å². The van der Waals surface area contributed by atoms with Crippen molar-refractivity contribution in [2.75, 3.05) is 19.0 Å². The fraction of sp³-hybridized carbons (Fsp3) is 0.571. The van der Waals surface area contributed by atoms with Crippen molar-refractivity contribution in [3.63, 3.8) is 0 Å². The van der Waals surface area contributed by atoms with Crippen LogP contribution in [0, 0.1) is 5.92 Å². The number of hydrogen-bond donors (Lipinski definition) is 0. The van der Waals surface area contributed by atoms with Gasteiger partial charge in [0.25, 0.3) is 0 Å². The zero-order chi connectivity index (χ0) is 13.9. The van der Waals surface area contributed by atoms with E-state index in [0.29, 0.717) is 29.6 Å². The number of epoxide rings is 1. The average Bonchev–Trinajstić information content (AvgIpc) is 3.18. The molecule has 1 fully saturated rings. The Balaban J connectivity index is 2.03. The third-order valence-corrected chi connectivity index (χ3v) is 4.71. The predicted octanol–water partition coefficient (Wildman–Crippen LogP) is 2.28. The Morgan fingerprint density at radius 1 is 1.42 bits per heavy atom. The molecule has 5 heteroatoms. The third-order valence-electron chi connectivity index (χ3n) is 2.97. The molecule has 1 aromatic rings. The largest absolute Gasteiger partial charge is 0.491 e. The van der Waals surface area contributed by atoms with E-state index >= 15 is 0 Å². The second-order valence-corrected chi connectivity index (χ2v) is 7.35. The lowest BCUT2D eigenvalue weighted by atomic mass is 10.2. The van der Waals surface area contributed by atoms with Crippen LogP contribution in [0.25, 0.3) is 0 Å². The first kappa shape index (κ1) is 14.3. The summed E-state index contributed by atoms with van der Waals surface area (Å²) in [5, 5.41) is 0. The summed E-state index contributed by atoms with van der Waals surface area (Å²) in [6, 6.07) is 6.70. The standard InChI is InChI=1S/C14H20O4S/c1-11(2)6-7-19(15,16)14-5-3-4-12(8-14)17-9-13-10-18-13/h3-5,8,11,13H,6-7,9-10H2,1-2H3/t13-/m1/s1. The number of benzene rings is 1. The van der Waals surface area contributed by atoms with Crippen LogP contribution < -0.4 is 4.74 Å². The van der Waals surface area contributed by atoms with Gasteiger partial charge in [-0.15, -0.1) is 0 Å². The summed E-state index contributed by atoms with van der Waals surface area (Å²) in [6.45, 7) is 5.25. The Bertz CT molecular complexity index is 518. The highest BCUT2D eigenvalue weighted by atomic mass is 32.2. The Labute approximate surface area is 114 Å². The van der Waals surface area contributed by atoms with Gasteiger partial charge in [-0.1, -0.05) is 19.9 Å². The van der Waals surface area contributed by atoms with Crippen molar-refractivity contribution in [3.05, 3.63) is 24.3 Å². The molecule has 0 unspecified atom stereocenters. The van der Waals surface area contributed by atoms with Crippen LogP contribution in [-0.4, -0.2) is 33.5 Å². The van der Waals surface area contributed by atoms with Gasteiger partial charge in [0.1, 0.15) is 18.5 Å². The highest BCUT2D eigenvalue weighted by molar-refractivity contribution is 7.91. The maximum absolute atomic E-state index is 12.2. The Morgan fingerprint density at radius 3 is 2.79 bits per heavy atom. The Morgan fingerprint density at radius 2 is 2.16 bits per heavy atom. The molecule has 0 aliphatic carbocycles. The second-order valence-electron chi connectivity index (χ2n) is 5.24. The molecular formula is C14H20O4S. The molecule has 1 heterocycles. The second kappa shape index (κ2) is 5.92. The quantitative estimate of drug-likeness (QED) is 0.721. The van der Waals surface area contributed by atoms with E-state index in [1.165, 1.54) is 0 Å². The molecule has 0 bridgehead atoms. The highest BCUT2D eigenvalue weighted by Crippen LogP contribution is 2.21. The first-order chi connectivity index (χ1) is 8.97. The number of hydrogen-bond acceptors (Lipinski definition) is 4. The molecule has 0 aromatic heterocycles. The molecule has 1 atom stereocenters. The number of sulfone groups is 1. The molecule has 0 spiro atoms. The van der Waals surface area contributed by atoms with E-state index in [2.05, 4.69) is 0 Å². The first-order valence-electron chi connectivity index (χ1n) is 6.54. The molecule has 4 nitrogen and oxygen atoms in total. The molecule has 1 aliphatic heterocycles. The van der Waals surface area contributed by atoms with Crippen molar-refractivity contribution in [1.82, 2.24) is 0 Å². The molecule has 0 radical (unpaired) electrons. The summed E-state index contributed by atoms with van der Waals surface area (Å²) >= 11 is 0. The van der Waals surface area contributed by atoms with Gasteiger partial charge in [0.2, 0.25) is 0 Å². The highest BCUT2D eigenvalue weighted by Gasteiger charge is 2.23. The Kier molecular flexibility index (Phi) is 4.47. The minimum atomic E-state index is -3.21. The summed E-state index contributed by atoms with van der Waals surface area (Å²) in [4.78, 5) is 0.336. The van der Waals surface area contributed by atoms with Gasteiger partial charge >= 0.3 is 0 Å². The van der Waals surface area contributed by atoms with Crippen LogP contribution in [0.4, 0.5) is 0 Å². The van der Waals surface area contributed by atoms with Gasteiger partial charge in [0, 0.05) is 0 Å². The van der Waals surface area contributed by atoms with Crippen LogP contribution in [0.3, 0.4) is 0 Å². The van der Waals surface area contributed by atoms with E-state index in [-0.39, 0.29) is 11.9 Å². The van der Waals surface area contributed by atoms with Crippen molar-refractivity contribution in [1.29, 1.82) is 0 Å². The monoisotopic (exact) mass is 284 g/mol. The lowest BCUT2D eigenvalue weighted by Gasteiger charge is -2.09. The smallest absolute Gasteiger partial charge is 0.178 e. The van der Waals surface area contributed by atoms with E-state index in [1.54, 1.807) is 24.3 Å². The SMILES string of the molecule is CC(C)CCS(=O)(=O)c1cccc(OC[C@@H]2CO2)c1. The topological polar surface area (TPSA) is 55.9 Å². The molecule has 1 aliphatic rings. The van der Waals surface area contributed by atoms with Gasteiger partial charge in [0.15, 0.2) is 9.84 Å². The first-order valence-corrected chi connectivity index (χ1v) is 8.20. The summed E-state index contributed by atoms with van der Waals surface area (Å²) in [5.74, 6) is 1.14. The molecule has 0 N–H and O–H groups in total. The van der Waals surface area contributed by atoms with Gasteiger partial charge in [-0.2, -0.15) is 0 Å². The summed E-state index contributed by atoms with van der Waals surface area (Å²) in [7, 11) is -3.21. The van der Waals surface area contributed by atoms with E-state index in [0.717, 1.165) is 6.61 Å². The molecule has 106 valence electrons. The lowest BCUT2D eigenvalue weighted by molar-refractivity contribution is 0.262. The van der Waals surface area contributed by atoms with E-state index in [9.17, 15) is 8.42 Å². The van der Waals surface area contributed by atoms with Crippen LogP contribution in [0.5, 0.6) is 5.75 Å². The minimum Gasteiger partial charge on any atom is -0.491 e. The van der Waals surface area contributed by atoms with Crippen LogP contribution in [0.1, 0.15) is 20.3 Å². The van der Waals surface area contributed by atoms with Gasteiger partial charge < -0.3 is 9.47 Å². The van der Waals surface area contributed by atoms with Gasteiger partial charge in [-0.05, 0) is 30.5 Å². The summed E-state index contributed by atoms with van der Waals surface area (Å²) < 4.78 is 34.9. The zero-order valence-corrected chi connectivity index (χ0v) is 12.2. The van der Waals surface area contributed by atoms with Gasteiger partial charge in [-0.25, -0.2) is 8.42 Å². The fourth-order valence-electron chi connectivity index (χ4n) is 1.62. The molecule has 1 saturated heterocycles. The lowest BCUT2D eigenvalue weighted by Crippen LogP contribution is -2.10. The maximum atomic E-state index is 12.2. The van der Waals surface area contributed by atoms with E-state index in [1.807, 2.05) is 13.8 Å². The molecule has 0 amide bonds. The zero-order valence-electron chi connectivity index (χ0n) is 11.3. The van der Waals surface area contributed by atoms with Crippen molar-refractivity contribution in [2.45, 2.75) is 31.3 Å². The van der Waals surface area contributed by atoms with Crippen molar-refractivity contribution in [3.8, 4) is 5.75 Å². The average molecular weight is 284 g/mol. The predicted molar refractivity (Wildman–Crippen MR) is 73.2 cm³/mol. The van der Waals surface area contributed by atoms with Crippen LogP contribution in [0.15, 0.2) is 29.2 Å². The summed E-state index contributed by atoms with van der Waals surface area (Å²) in [6.07, 6.45) is 0.838. The van der Waals surface area contributed by atoms with Crippen molar-refractivity contribution < 1.29 is 17.9 Å². The minimum absolute atomic E-state index is 0.168. The van der Waals surface area contributed by atoms with Crippen molar-refractivity contribution >= 4 is 9.84 Å². The number of ether oxygens (including phenoxy) is 2. The fourth-order valence-corrected chi connectivity index (χ4v) is 3.22. The van der Waals surface area contributed by atoms with E-state index < -0.39 is 9.84 Å². The molecule has 0 saturated carbocycles. The van der Waals surface area contributed by atoms with Crippen LogP contribution >= 0.6 is 0 Å². The van der Waals surface area contributed by atoms with Crippen LogP contribution in [0.2, 0.25) is 0 Å². The maximum Gasteiger partial charge on any atom is 0.178 e. The summed E-state index contributed by atoms with van der Waals surface area (Å²) in [5.41, 5.74) is 0. The molecule has 2 rings (SSSR count). The Hall–Kier alpha value is -1.07. The molecular weight excluding hydrogens is 264 g/mol. The third kappa shape index (κ3) is 4.51. The molecule has 19 heavy (non-hydrogen) atoms. The number of rotatable bonds is 7. The molecule has 1 aromatic carbocycles.